The molecule has 0 fully saturated rings. The first-order chi connectivity index (χ1) is 15.0. The van der Waals surface area contributed by atoms with E-state index in [9.17, 15) is 9.59 Å². The minimum atomic E-state index is -0.303. The highest BCUT2D eigenvalue weighted by atomic mass is 16.4. The predicted octanol–water partition coefficient (Wildman–Crippen LogP) is 4.37. The van der Waals surface area contributed by atoms with Crippen LogP contribution in [0.2, 0.25) is 0 Å². The normalized spacial score (nSPS) is 15.3. The summed E-state index contributed by atoms with van der Waals surface area (Å²) in [5, 5.41) is 4.05. The molecule has 2 aromatic carbocycles. The highest BCUT2D eigenvalue weighted by molar-refractivity contribution is 5.97. The zero-order valence-corrected chi connectivity index (χ0v) is 18.2. The largest absolute Gasteiger partial charge is 0.423 e. The third kappa shape index (κ3) is 3.73. The number of carbonyl (C=O) groups excluding carboxylic acids is 1. The molecule has 2 aliphatic rings. The van der Waals surface area contributed by atoms with E-state index in [0.29, 0.717) is 12.1 Å². The summed E-state index contributed by atoms with van der Waals surface area (Å²) in [5.41, 5.74) is 6.99. The number of anilines is 1. The molecule has 2 heterocycles. The number of rotatable bonds is 4. The standard InChI is InChI=1S/C26H28N2O3/c1-16(2)27-26(30)21-8-4-10-23-20(21)9-5-11-28(23)15-19-14-25(29)31-24-13-18-7-3-6-17(18)12-22(19)24/h4,8,10,12-14,16H,3,5-7,9,11,15H2,1-2H3,(H,27,30). The van der Waals surface area contributed by atoms with Gasteiger partial charge in [-0.1, -0.05) is 6.07 Å². The van der Waals surface area contributed by atoms with Crippen LogP contribution in [0.25, 0.3) is 11.0 Å². The van der Waals surface area contributed by atoms with Crippen LogP contribution in [0.5, 0.6) is 0 Å². The van der Waals surface area contributed by atoms with Gasteiger partial charge in [-0.2, -0.15) is 0 Å². The van der Waals surface area contributed by atoms with Crippen LogP contribution in [-0.4, -0.2) is 18.5 Å². The second kappa shape index (κ2) is 7.88. The lowest BCUT2D eigenvalue weighted by atomic mass is 9.94. The predicted molar refractivity (Wildman–Crippen MR) is 123 cm³/mol. The molecule has 0 atom stereocenters. The van der Waals surface area contributed by atoms with E-state index in [1.807, 2.05) is 26.0 Å². The molecule has 31 heavy (non-hydrogen) atoms. The number of hydrogen-bond donors (Lipinski definition) is 1. The SMILES string of the molecule is CC(C)NC(=O)c1cccc2c1CCCN2Cc1cc(=O)oc2cc3c(cc12)CCC3. The maximum absolute atomic E-state index is 12.7. The molecule has 5 rings (SSSR count). The van der Waals surface area contributed by atoms with Crippen molar-refractivity contribution in [2.45, 2.75) is 58.5 Å². The number of amides is 1. The first-order valence-electron chi connectivity index (χ1n) is 11.3. The number of aryl methyl sites for hydroxylation is 2. The fraction of sp³-hybridized carbons (Fsp3) is 0.385. The van der Waals surface area contributed by atoms with Crippen LogP contribution in [0.3, 0.4) is 0 Å². The molecule has 5 nitrogen and oxygen atoms in total. The van der Waals surface area contributed by atoms with E-state index >= 15 is 0 Å². The molecule has 3 aromatic rings. The van der Waals surface area contributed by atoms with Crippen molar-refractivity contribution in [3.63, 3.8) is 0 Å². The van der Waals surface area contributed by atoms with Crippen molar-refractivity contribution in [1.29, 1.82) is 0 Å². The molecule has 1 aromatic heterocycles. The van der Waals surface area contributed by atoms with Crippen LogP contribution in [0, 0.1) is 0 Å². The molecule has 0 spiro atoms. The molecule has 1 aliphatic heterocycles. The van der Waals surface area contributed by atoms with Crippen LogP contribution >= 0.6 is 0 Å². The quantitative estimate of drug-likeness (QED) is 0.642. The molecule has 0 radical (unpaired) electrons. The number of fused-ring (bicyclic) bond motifs is 3. The van der Waals surface area contributed by atoms with E-state index < -0.39 is 0 Å². The van der Waals surface area contributed by atoms with E-state index in [1.54, 1.807) is 6.07 Å². The molecule has 5 heteroatoms. The van der Waals surface area contributed by atoms with Crippen molar-refractivity contribution < 1.29 is 9.21 Å². The van der Waals surface area contributed by atoms with Crippen LogP contribution in [0.1, 0.15) is 59.3 Å². The van der Waals surface area contributed by atoms with Crippen molar-refractivity contribution in [2.75, 3.05) is 11.4 Å². The lowest BCUT2D eigenvalue weighted by molar-refractivity contribution is 0.0942. The fourth-order valence-corrected chi connectivity index (χ4v) is 5.05. The Hall–Kier alpha value is -3.08. The number of hydrogen-bond acceptors (Lipinski definition) is 4. The van der Waals surface area contributed by atoms with Gasteiger partial charge < -0.3 is 14.6 Å². The molecule has 0 unspecified atom stereocenters. The van der Waals surface area contributed by atoms with E-state index in [-0.39, 0.29) is 17.6 Å². The number of nitrogens with zero attached hydrogens (tertiary/aromatic N) is 1. The molecule has 1 amide bonds. The first kappa shape index (κ1) is 19.9. The third-order valence-electron chi connectivity index (χ3n) is 6.42. The van der Waals surface area contributed by atoms with Gasteiger partial charge in [-0.15, -0.1) is 0 Å². The Balaban J connectivity index is 1.53. The maximum Gasteiger partial charge on any atom is 0.336 e. The summed E-state index contributed by atoms with van der Waals surface area (Å²) >= 11 is 0. The number of benzene rings is 2. The van der Waals surface area contributed by atoms with Gasteiger partial charge in [0.05, 0.1) is 0 Å². The Morgan fingerprint density at radius 3 is 2.71 bits per heavy atom. The van der Waals surface area contributed by atoms with Gasteiger partial charge in [0.15, 0.2) is 0 Å². The highest BCUT2D eigenvalue weighted by Crippen LogP contribution is 2.33. The van der Waals surface area contributed by atoms with E-state index in [4.69, 9.17) is 4.42 Å². The summed E-state index contributed by atoms with van der Waals surface area (Å²) < 4.78 is 5.55. The van der Waals surface area contributed by atoms with Crippen LogP contribution in [0.15, 0.2) is 45.6 Å². The molecular formula is C26H28N2O3. The van der Waals surface area contributed by atoms with Crippen LogP contribution < -0.4 is 15.8 Å². The minimum Gasteiger partial charge on any atom is -0.423 e. The van der Waals surface area contributed by atoms with Gasteiger partial charge in [-0.3, -0.25) is 4.79 Å². The van der Waals surface area contributed by atoms with Crippen molar-refractivity contribution in [1.82, 2.24) is 5.32 Å². The van der Waals surface area contributed by atoms with Gasteiger partial charge >= 0.3 is 5.63 Å². The van der Waals surface area contributed by atoms with E-state index in [0.717, 1.165) is 66.4 Å². The molecule has 160 valence electrons. The van der Waals surface area contributed by atoms with Crippen molar-refractivity contribution in [3.8, 4) is 0 Å². The molecule has 0 saturated carbocycles. The summed E-state index contributed by atoms with van der Waals surface area (Å²) in [5.74, 6) is -0.0185. The molecule has 1 N–H and O–H groups in total. The Kier molecular flexibility index (Phi) is 5.05. The minimum absolute atomic E-state index is 0.0185. The third-order valence-corrected chi connectivity index (χ3v) is 6.42. The Labute approximate surface area is 182 Å². The summed E-state index contributed by atoms with van der Waals surface area (Å²) in [4.78, 5) is 27.3. The molecular weight excluding hydrogens is 388 g/mol. The maximum atomic E-state index is 12.7. The number of carbonyl (C=O) groups is 1. The second-order valence-corrected chi connectivity index (χ2v) is 9.02. The average molecular weight is 417 g/mol. The molecule has 1 aliphatic carbocycles. The van der Waals surface area contributed by atoms with E-state index in [1.165, 1.54) is 11.1 Å². The van der Waals surface area contributed by atoms with Crippen LogP contribution in [0.4, 0.5) is 5.69 Å². The smallest absolute Gasteiger partial charge is 0.336 e. The zero-order chi connectivity index (χ0) is 21.5. The number of nitrogens with one attached hydrogen (secondary N) is 1. The summed E-state index contributed by atoms with van der Waals surface area (Å²) in [6.45, 7) is 5.48. The summed E-state index contributed by atoms with van der Waals surface area (Å²) in [6, 6.07) is 12.0. The zero-order valence-electron chi connectivity index (χ0n) is 18.2. The van der Waals surface area contributed by atoms with Crippen LogP contribution in [-0.2, 0) is 25.8 Å². The van der Waals surface area contributed by atoms with Gasteiger partial charge in [0.2, 0.25) is 0 Å². The van der Waals surface area contributed by atoms with E-state index in [2.05, 4.69) is 28.4 Å². The summed E-state index contributed by atoms with van der Waals surface area (Å²) in [7, 11) is 0. The van der Waals surface area contributed by atoms with Crippen molar-refractivity contribution in [3.05, 3.63) is 74.6 Å². The summed E-state index contributed by atoms with van der Waals surface area (Å²) in [6.07, 6.45) is 5.17. The molecule has 0 bridgehead atoms. The highest BCUT2D eigenvalue weighted by Gasteiger charge is 2.24. The van der Waals surface area contributed by atoms with Gasteiger partial charge in [0.25, 0.3) is 5.91 Å². The Morgan fingerprint density at radius 2 is 1.90 bits per heavy atom. The Morgan fingerprint density at radius 1 is 1.10 bits per heavy atom. The Bertz CT molecular complexity index is 1230. The first-order valence-corrected chi connectivity index (χ1v) is 11.3. The monoisotopic (exact) mass is 416 g/mol. The van der Waals surface area contributed by atoms with Crippen molar-refractivity contribution in [2.24, 2.45) is 0 Å². The lowest BCUT2D eigenvalue weighted by Gasteiger charge is -2.32. The molecule has 0 saturated heterocycles. The van der Waals surface area contributed by atoms with Gasteiger partial charge in [-0.05, 0) is 92.5 Å². The average Bonchev–Trinajstić information content (AvgIpc) is 3.19. The van der Waals surface area contributed by atoms with Gasteiger partial charge in [-0.25, -0.2) is 4.79 Å². The van der Waals surface area contributed by atoms with Crippen molar-refractivity contribution >= 4 is 22.6 Å². The lowest BCUT2D eigenvalue weighted by Crippen LogP contribution is -2.34. The second-order valence-electron chi connectivity index (χ2n) is 9.02. The van der Waals surface area contributed by atoms with Gasteiger partial charge in [0.1, 0.15) is 5.58 Å². The van der Waals surface area contributed by atoms with Gasteiger partial charge in [0, 0.05) is 41.8 Å². The topological polar surface area (TPSA) is 62.6 Å². The fourth-order valence-electron chi connectivity index (χ4n) is 5.05.